The first-order valence-electron chi connectivity index (χ1n) is 6.06. The van der Waals surface area contributed by atoms with E-state index in [1.165, 1.54) is 6.07 Å². The average molecular weight is 265 g/mol. The van der Waals surface area contributed by atoms with E-state index in [4.69, 9.17) is 5.11 Å². The summed E-state index contributed by atoms with van der Waals surface area (Å²) in [6, 6.07) is 4.92. The van der Waals surface area contributed by atoms with Crippen LogP contribution in [0.3, 0.4) is 0 Å². The molecule has 0 spiro atoms. The molecule has 0 bridgehead atoms. The number of aromatic hydroxyl groups is 1. The van der Waals surface area contributed by atoms with Gasteiger partial charge in [-0.2, -0.15) is 0 Å². The molecule has 0 atom stereocenters. The number of hydrogen-bond donors (Lipinski definition) is 3. The molecule has 5 nitrogen and oxygen atoms in total. The maximum atomic E-state index is 11.9. The Morgan fingerprint density at radius 1 is 1.32 bits per heavy atom. The van der Waals surface area contributed by atoms with Crippen LogP contribution >= 0.6 is 0 Å². The second-order valence-corrected chi connectivity index (χ2v) is 5.17. The van der Waals surface area contributed by atoms with Gasteiger partial charge in [0.2, 0.25) is 0 Å². The second-order valence-electron chi connectivity index (χ2n) is 5.17. The van der Waals surface area contributed by atoms with Gasteiger partial charge in [-0.25, -0.2) is 0 Å². The minimum Gasteiger partial charge on any atom is -0.507 e. The fourth-order valence-corrected chi connectivity index (χ4v) is 1.53. The molecule has 19 heavy (non-hydrogen) atoms. The standard InChI is InChI=1S/C14H19NO4/c1-9-5-4-6-10(11(9)16)12(17)15-8-7-14(2,3)13(18)19/h4-6,16H,7-8H2,1-3H3,(H,15,17)(H,18,19). The molecule has 0 saturated carbocycles. The number of hydrogen-bond acceptors (Lipinski definition) is 3. The van der Waals surface area contributed by atoms with Crippen LogP contribution in [0.4, 0.5) is 0 Å². The summed E-state index contributed by atoms with van der Waals surface area (Å²) in [4.78, 5) is 22.8. The van der Waals surface area contributed by atoms with Gasteiger partial charge in [0.05, 0.1) is 11.0 Å². The van der Waals surface area contributed by atoms with E-state index >= 15 is 0 Å². The molecule has 3 N–H and O–H groups in total. The Labute approximate surface area is 112 Å². The van der Waals surface area contributed by atoms with Crippen LogP contribution in [-0.2, 0) is 4.79 Å². The Morgan fingerprint density at radius 3 is 2.53 bits per heavy atom. The first kappa shape index (κ1) is 15.0. The second kappa shape index (κ2) is 5.73. The first-order chi connectivity index (χ1) is 8.75. The molecule has 1 aromatic carbocycles. The first-order valence-corrected chi connectivity index (χ1v) is 6.06. The van der Waals surface area contributed by atoms with E-state index in [-0.39, 0.29) is 17.9 Å². The molecule has 0 unspecified atom stereocenters. The Balaban J connectivity index is 2.62. The maximum absolute atomic E-state index is 11.9. The molecule has 0 aliphatic carbocycles. The van der Waals surface area contributed by atoms with Crippen molar-refractivity contribution >= 4 is 11.9 Å². The highest BCUT2D eigenvalue weighted by atomic mass is 16.4. The molecule has 5 heteroatoms. The number of nitrogens with one attached hydrogen (secondary N) is 1. The fourth-order valence-electron chi connectivity index (χ4n) is 1.53. The lowest BCUT2D eigenvalue weighted by Gasteiger charge is -2.19. The van der Waals surface area contributed by atoms with Gasteiger partial charge < -0.3 is 15.5 Å². The SMILES string of the molecule is Cc1cccc(C(=O)NCCC(C)(C)C(=O)O)c1O. The third-order valence-electron chi connectivity index (χ3n) is 3.10. The summed E-state index contributed by atoms with van der Waals surface area (Å²) in [6.45, 7) is 5.16. The molecule has 0 aliphatic rings. The van der Waals surface area contributed by atoms with Crippen LogP contribution < -0.4 is 5.32 Å². The van der Waals surface area contributed by atoms with Gasteiger partial charge in [0.1, 0.15) is 5.75 Å². The predicted molar refractivity (Wildman–Crippen MR) is 71.2 cm³/mol. The van der Waals surface area contributed by atoms with E-state index in [1.54, 1.807) is 32.9 Å². The van der Waals surface area contributed by atoms with Crippen LogP contribution in [0, 0.1) is 12.3 Å². The van der Waals surface area contributed by atoms with Crippen molar-refractivity contribution in [1.29, 1.82) is 0 Å². The normalized spacial score (nSPS) is 11.1. The third-order valence-corrected chi connectivity index (χ3v) is 3.10. The van der Waals surface area contributed by atoms with Crippen LogP contribution in [0.1, 0.15) is 36.2 Å². The molecule has 1 aromatic rings. The van der Waals surface area contributed by atoms with Crippen molar-refractivity contribution in [3.05, 3.63) is 29.3 Å². The van der Waals surface area contributed by atoms with Gasteiger partial charge in [-0.3, -0.25) is 9.59 Å². The monoisotopic (exact) mass is 265 g/mol. The number of rotatable bonds is 5. The Morgan fingerprint density at radius 2 is 1.95 bits per heavy atom. The van der Waals surface area contributed by atoms with Crippen molar-refractivity contribution in [2.45, 2.75) is 27.2 Å². The molecule has 0 aromatic heterocycles. The molecular weight excluding hydrogens is 246 g/mol. The molecular formula is C14H19NO4. The number of amides is 1. The lowest BCUT2D eigenvalue weighted by Crippen LogP contribution is -2.32. The highest BCUT2D eigenvalue weighted by Crippen LogP contribution is 2.22. The van der Waals surface area contributed by atoms with E-state index in [2.05, 4.69) is 5.32 Å². The van der Waals surface area contributed by atoms with E-state index in [0.29, 0.717) is 12.0 Å². The zero-order chi connectivity index (χ0) is 14.6. The topological polar surface area (TPSA) is 86.6 Å². The van der Waals surface area contributed by atoms with Crippen LogP contribution in [-0.4, -0.2) is 28.6 Å². The molecule has 0 heterocycles. The fraction of sp³-hybridized carbons (Fsp3) is 0.429. The maximum Gasteiger partial charge on any atom is 0.309 e. The van der Waals surface area contributed by atoms with Crippen LogP contribution in [0.5, 0.6) is 5.75 Å². The van der Waals surface area contributed by atoms with Gasteiger partial charge in [0, 0.05) is 6.54 Å². The lowest BCUT2D eigenvalue weighted by molar-refractivity contribution is -0.147. The molecule has 0 saturated heterocycles. The van der Waals surface area contributed by atoms with Crippen molar-refractivity contribution in [2.75, 3.05) is 6.54 Å². The number of carboxylic acids is 1. The van der Waals surface area contributed by atoms with E-state index in [0.717, 1.165) is 0 Å². The Kier molecular flexibility index (Phi) is 4.53. The number of benzene rings is 1. The molecule has 0 fully saturated rings. The summed E-state index contributed by atoms with van der Waals surface area (Å²) in [7, 11) is 0. The molecule has 0 aliphatic heterocycles. The summed E-state index contributed by atoms with van der Waals surface area (Å²) < 4.78 is 0. The largest absolute Gasteiger partial charge is 0.507 e. The summed E-state index contributed by atoms with van der Waals surface area (Å²) in [5, 5.41) is 21.3. The number of carbonyl (C=O) groups is 2. The van der Waals surface area contributed by atoms with Crippen LogP contribution in [0.25, 0.3) is 0 Å². The van der Waals surface area contributed by atoms with Crippen molar-refractivity contribution in [3.63, 3.8) is 0 Å². The minimum absolute atomic E-state index is 0.0440. The molecule has 1 amide bonds. The summed E-state index contributed by atoms with van der Waals surface area (Å²) in [5.74, 6) is -1.35. The summed E-state index contributed by atoms with van der Waals surface area (Å²) >= 11 is 0. The van der Waals surface area contributed by atoms with E-state index in [1.807, 2.05) is 0 Å². The molecule has 0 radical (unpaired) electrons. The number of aliphatic carboxylic acids is 1. The molecule has 104 valence electrons. The van der Waals surface area contributed by atoms with Gasteiger partial charge in [0.15, 0.2) is 0 Å². The quantitative estimate of drug-likeness (QED) is 0.759. The van der Waals surface area contributed by atoms with E-state index in [9.17, 15) is 14.7 Å². The summed E-state index contributed by atoms with van der Waals surface area (Å²) in [6.07, 6.45) is 0.320. The lowest BCUT2D eigenvalue weighted by atomic mass is 9.89. The number of carboxylic acid groups (broad SMARTS) is 1. The smallest absolute Gasteiger partial charge is 0.309 e. The van der Waals surface area contributed by atoms with Crippen molar-refractivity contribution < 1.29 is 19.8 Å². The van der Waals surface area contributed by atoms with Crippen molar-refractivity contribution in [2.24, 2.45) is 5.41 Å². The van der Waals surface area contributed by atoms with E-state index < -0.39 is 17.3 Å². The predicted octanol–water partition coefficient (Wildman–Crippen LogP) is 1.93. The van der Waals surface area contributed by atoms with Gasteiger partial charge in [0.25, 0.3) is 5.91 Å². The minimum atomic E-state index is -0.903. The van der Waals surface area contributed by atoms with Crippen molar-refractivity contribution in [3.8, 4) is 5.75 Å². The van der Waals surface area contributed by atoms with Crippen molar-refractivity contribution in [1.82, 2.24) is 5.32 Å². The zero-order valence-corrected chi connectivity index (χ0v) is 11.4. The molecule has 1 rings (SSSR count). The van der Waals surface area contributed by atoms with Gasteiger partial charge in [-0.1, -0.05) is 12.1 Å². The zero-order valence-electron chi connectivity index (χ0n) is 11.4. The number of aryl methyl sites for hydroxylation is 1. The Hall–Kier alpha value is -2.04. The Bertz CT molecular complexity index is 494. The average Bonchev–Trinajstić information content (AvgIpc) is 2.32. The van der Waals surface area contributed by atoms with Gasteiger partial charge >= 0.3 is 5.97 Å². The van der Waals surface area contributed by atoms with Crippen LogP contribution in [0.15, 0.2) is 18.2 Å². The highest BCUT2D eigenvalue weighted by molar-refractivity contribution is 5.97. The highest BCUT2D eigenvalue weighted by Gasteiger charge is 2.26. The van der Waals surface area contributed by atoms with Gasteiger partial charge in [-0.05, 0) is 38.8 Å². The third kappa shape index (κ3) is 3.71. The van der Waals surface area contributed by atoms with Crippen LogP contribution in [0.2, 0.25) is 0 Å². The number of phenols is 1. The number of para-hydroxylation sites is 1. The summed E-state index contributed by atoms with van der Waals surface area (Å²) in [5.41, 5.74) is -0.0614. The van der Waals surface area contributed by atoms with Gasteiger partial charge in [-0.15, -0.1) is 0 Å². The number of phenolic OH excluding ortho intramolecular Hbond substituents is 1. The number of carbonyl (C=O) groups excluding carboxylic acids is 1.